The molecule has 108 valence electrons. The van der Waals surface area contributed by atoms with Gasteiger partial charge in [-0.05, 0) is 30.0 Å². The zero-order valence-corrected chi connectivity index (χ0v) is 13.1. The van der Waals surface area contributed by atoms with Gasteiger partial charge in [0, 0.05) is 15.9 Å². The van der Waals surface area contributed by atoms with Crippen LogP contribution < -0.4 is 4.72 Å². The van der Waals surface area contributed by atoms with Crippen molar-refractivity contribution in [2.24, 2.45) is 0 Å². The summed E-state index contributed by atoms with van der Waals surface area (Å²) in [7, 11) is -3.68. The molecule has 2 rings (SSSR count). The average molecular weight is 332 g/mol. The van der Waals surface area contributed by atoms with E-state index in [-0.39, 0.29) is 11.5 Å². The van der Waals surface area contributed by atoms with E-state index in [1.54, 1.807) is 36.6 Å². The Labute approximate surface area is 127 Å². The summed E-state index contributed by atoms with van der Waals surface area (Å²) in [6, 6.07) is 8.10. The summed E-state index contributed by atoms with van der Waals surface area (Å²) in [5.41, 5.74) is 0.707. The molecule has 1 atom stereocenters. The monoisotopic (exact) mass is 331 g/mol. The average Bonchev–Trinajstić information content (AvgIpc) is 2.87. The molecular weight excluding hydrogens is 318 g/mol. The number of hydrogen-bond donors (Lipinski definition) is 2. The molecule has 0 saturated carbocycles. The molecule has 20 heavy (non-hydrogen) atoms. The van der Waals surface area contributed by atoms with Crippen molar-refractivity contribution < 1.29 is 13.5 Å². The maximum atomic E-state index is 12.3. The van der Waals surface area contributed by atoms with E-state index in [1.165, 1.54) is 17.4 Å². The van der Waals surface area contributed by atoms with E-state index >= 15 is 0 Å². The van der Waals surface area contributed by atoms with E-state index in [4.69, 9.17) is 16.7 Å². The predicted molar refractivity (Wildman–Crippen MR) is 80.4 cm³/mol. The summed E-state index contributed by atoms with van der Waals surface area (Å²) in [5, 5.41) is 11.3. The van der Waals surface area contributed by atoms with Crippen molar-refractivity contribution in [3.8, 4) is 0 Å². The molecule has 0 amide bonds. The number of aliphatic hydroxyl groups excluding tert-OH is 1. The molecule has 0 aliphatic heterocycles. The van der Waals surface area contributed by atoms with Gasteiger partial charge in [-0.1, -0.05) is 29.8 Å². The summed E-state index contributed by atoms with van der Waals surface area (Å²) >= 11 is 7.27. The van der Waals surface area contributed by atoms with Gasteiger partial charge in [0.05, 0.1) is 11.5 Å². The second-order valence-electron chi connectivity index (χ2n) is 4.23. The van der Waals surface area contributed by atoms with Crippen LogP contribution in [0, 0.1) is 0 Å². The number of halogens is 1. The number of thiophene rings is 1. The van der Waals surface area contributed by atoms with Gasteiger partial charge in [0.1, 0.15) is 0 Å². The van der Waals surface area contributed by atoms with Crippen LogP contribution in [0.25, 0.3) is 0 Å². The molecule has 7 heteroatoms. The van der Waals surface area contributed by atoms with Gasteiger partial charge in [-0.15, -0.1) is 11.3 Å². The van der Waals surface area contributed by atoms with Crippen molar-refractivity contribution in [3.63, 3.8) is 0 Å². The van der Waals surface area contributed by atoms with E-state index in [2.05, 4.69) is 4.72 Å². The third kappa shape index (κ3) is 3.21. The number of nitrogens with one attached hydrogen (secondary N) is 1. The second kappa shape index (κ2) is 6.24. The summed E-state index contributed by atoms with van der Waals surface area (Å²) in [5.74, 6) is 0. The van der Waals surface area contributed by atoms with Gasteiger partial charge in [0.15, 0.2) is 0 Å². The van der Waals surface area contributed by atoms with E-state index in [1.807, 2.05) is 0 Å². The Morgan fingerprint density at radius 3 is 2.70 bits per heavy atom. The normalized spacial score (nSPS) is 13.3. The van der Waals surface area contributed by atoms with Crippen LogP contribution in [0.1, 0.15) is 23.4 Å². The lowest BCUT2D eigenvalue weighted by Crippen LogP contribution is -2.27. The molecule has 1 aromatic heterocycles. The molecule has 0 fully saturated rings. The number of aliphatic hydroxyl groups is 1. The molecule has 4 nitrogen and oxygen atoms in total. The lowest BCUT2D eigenvalue weighted by atomic mass is 10.1. The fourth-order valence-corrected chi connectivity index (χ4v) is 4.69. The highest BCUT2D eigenvalue weighted by molar-refractivity contribution is 7.89. The lowest BCUT2D eigenvalue weighted by Gasteiger charge is -2.16. The number of hydrogen-bond acceptors (Lipinski definition) is 4. The lowest BCUT2D eigenvalue weighted by molar-refractivity contribution is 0.282. The predicted octanol–water partition coefficient (Wildman–Crippen LogP) is 2.93. The van der Waals surface area contributed by atoms with Crippen LogP contribution in [0.5, 0.6) is 0 Å². The van der Waals surface area contributed by atoms with Crippen LogP contribution in [-0.2, 0) is 16.6 Å². The van der Waals surface area contributed by atoms with Gasteiger partial charge in [-0.3, -0.25) is 0 Å². The minimum Gasteiger partial charge on any atom is -0.391 e. The van der Waals surface area contributed by atoms with Gasteiger partial charge < -0.3 is 5.11 Å². The summed E-state index contributed by atoms with van der Waals surface area (Å²) < 4.78 is 27.2. The summed E-state index contributed by atoms with van der Waals surface area (Å²) in [6.07, 6.45) is 0. The molecule has 0 aliphatic rings. The summed E-state index contributed by atoms with van der Waals surface area (Å²) in [4.78, 5) is 0.535. The molecule has 0 spiro atoms. The quantitative estimate of drug-likeness (QED) is 0.885. The Bertz CT molecular complexity index is 697. The molecule has 2 N–H and O–H groups in total. The molecule has 1 aromatic carbocycles. The van der Waals surface area contributed by atoms with E-state index in [9.17, 15) is 8.42 Å². The van der Waals surface area contributed by atoms with Crippen LogP contribution >= 0.6 is 22.9 Å². The van der Waals surface area contributed by atoms with Gasteiger partial charge in [0.2, 0.25) is 10.0 Å². The van der Waals surface area contributed by atoms with Gasteiger partial charge in [-0.2, -0.15) is 0 Å². The molecule has 0 radical (unpaired) electrons. The van der Waals surface area contributed by atoms with Gasteiger partial charge >= 0.3 is 0 Å². The molecule has 0 bridgehead atoms. The van der Waals surface area contributed by atoms with Gasteiger partial charge in [0.25, 0.3) is 0 Å². The fraction of sp³-hybridized carbons (Fsp3) is 0.231. The number of sulfonamides is 1. The molecule has 2 aromatic rings. The largest absolute Gasteiger partial charge is 0.391 e. The topological polar surface area (TPSA) is 66.4 Å². The first-order chi connectivity index (χ1) is 9.45. The first kappa shape index (κ1) is 15.5. The maximum Gasteiger partial charge on any atom is 0.242 e. The van der Waals surface area contributed by atoms with Crippen molar-refractivity contribution in [2.45, 2.75) is 24.5 Å². The molecular formula is C13H14ClNO3S2. The highest BCUT2D eigenvalue weighted by atomic mass is 35.5. The SMILES string of the molecule is CC(NS(=O)(=O)c1ccsc1CO)c1ccccc1Cl. The van der Waals surface area contributed by atoms with Crippen molar-refractivity contribution >= 4 is 33.0 Å². The fourth-order valence-electron chi connectivity index (χ4n) is 1.87. The molecule has 1 unspecified atom stereocenters. The Balaban J connectivity index is 2.27. The van der Waals surface area contributed by atoms with E-state index in [0.717, 1.165) is 0 Å². The van der Waals surface area contributed by atoms with E-state index in [0.29, 0.717) is 15.5 Å². The van der Waals surface area contributed by atoms with Crippen LogP contribution in [0.4, 0.5) is 0 Å². The van der Waals surface area contributed by atoms with E-state index < -0.39 is 16.1 Å². The summed E-state index contributed by atoms with van der Waals surface area (Å²) in [6.45, 7) is 1.43. The van der Waals surface area contributed by atoms with Crippen LogP contribution in [0.2, 0.25) is 5.02 Å². The Hall–Kier alpha value is -0.920. The Morgan fingerprint density at radius 2 is 2.05 bits per heavy atom. The van der Waals surface area contributed by atoms with Crippen LogP contribution in [0.3, 0.4) is 0 Å². The molecule has 0 aliphatic carbocycles. The van der Waals surface area contributed by atoms with Crippen LogP contribution in [0.15, 0.2) is 40.6 Å². The van der Waals surface area contributed by atoms with Crippen molar-refractivity contribution in [2.75, 3.05) is 0 Å². The number of rotatable bonds is 5. The standard InChI is InChI=1S/C13H14ClNO3S2/c1-9(10-4-2-3-5-11(10)14)15-20(17,18)13-6-7-19-12(13)8-16/h2-7,9,15-16H,8H2,1H3. The third-order valence-corrected chi connectivity index (χ3v) is 5.85. The Kier molecular flexibility index (Phi) is 4.82. The van der Waals surface area contributed by atoms with Crippen molar-refractivity contribution in [1.82, 2.24) is 4.72 Å². The minimum atomic E-state index is -3.68. The second-order valence-corrected chi connectivity index (χ2v) is 7.32. The van der Waals surface area contributed by atoms with Gasteiger partial charge in [-0.25, -0.2) is 13.1 Å². The molecule has 1 heterocycles. The first-order valence-electron chi connectivity index (χ1n) is 5.89. The first-order valence-corrected chi connectivity index (χ1v) is 8.64. The minimum absolute atomic E-state index is 0.115. The van der Waals surface area contributed by atoms with Crippen LogP contribution in [-0.4, -0.2) is 13.5 Å². The smallest absolute Gasteiger partial charge is 0.242 e. The zero-order chi connectivity index (χ0) is 14.8. The maximum absolute atomic E-state index is 12.3. The van der Waals surface area contributed by atoms with Crippen molar-refractivity contribution in [1.29, 1.82) is 0 Å². The third-order valence-electron chi connectivity index (χ3n) is 2.84. The number of benzene rings is 1. The highest BCUT2D eigenvalue weighted by Gasteiger charge is 2.23. The Morgan fingerprint density at radius 1 is 1.35 bits per heavy atom. The van der Waals surface area contributed by atoms with Crippen molar-refractivity contribution in [3.05, 3.63) is 51.2 Å². The zero-order valence-electron chi connectivity index (χ0n) is 10.7. The molecule has 0 saturated heterocycles. The highest BCUT2D eigenvalue weighted by Crippen LogP contribution is 2.26.